The predicted octanol–water partition coefficient (Wildman–Crippen LogP) is 3.65. The third kappa shape index (κ3) is 3.98. The highest BCUT2D eigenvalue weighted by molar-refractivity contribution is 7.90. The molecule has 0 saturated heterocycles. The number of hydrogen-bond donors (Lipinski definition) is 1. The summed E-state index contributed by atoms with van der Waals surface area (Å²) in [5.74, 6) is -0.273. The van der Waals surface area contributed by atoms with E-state index in [1.807, 2.05) is 0 Å². The second-order valence-corrected chi connectivity index (χ2v) is 8.07. The molecule has 0 spiro atoms. The average molecular weight is 428 g/mol. The van der Waals surface area contributed by atoms with Crippen molar-refractivity contribution < 1.29 is 17.9 Å². The first-order valence-electron chi connectivity index (χ1n) is 8.52. The van der Waals surface area contributed by atoms with Crippen LogP contribution in [0.15, 0.2) is 76.2 Å². The standard InChI is InChI=1S/C20H14ClN3O4S/c21-18-14(4-3-11-22-18)12-28-20(25)13-7-9-15(10-8-13)23-19-16-5-1-2-6-17(16)29(26,27)24-19/h1-11H,12H2,(H,23,24). The van der Waals surface area contributed by atoms with Crippen LogP contribution in [0.25, 0.3) is 0 Å². The first-order chi connectivity index (χ1) is 13.9. The van der Waals surface area contributed by atoms with E-state index >= 15 is 0 Å². The van der Waals surface area contributed by atoms with Gasteiger partial charge < -0.3 is 10.1 Å². The molecule has 1 aliphatic heterocycles. The van der Waals surface area contributed by atoms with Crippen LogP contribution in [-0.4, -0.2) is 25.2 Å². The van der Waals surface area contributed by atoms with Gasteiger partial charge in [-0.1, -0.05) is 29.8 Å². The van der Waals surface area contributed by atoms with Crippen LogP contribution in [-0.2, 0) is 21.4 Å². The van der Waals surface area contributed by atoms with Gasteiger partial charge in [-0.2, -0.15) is 8.42 Å². The molecule has 0 aliphatic carbocycles. The van der Waals surface area contributed by atoms with Crippen molar-refractivity contribution in [2.75, 3.05) is 5.32 Å². The van der Waals surface area contributed by atoms with E-state index in [1.54, 1.807) is 60.8 Å². The van der Waals surface area contributed by atoms with Crippen molar-refractivity contribution in [3.63, 3.8) is 0 Å². The van der Waals surface area contributed by atoms with Crippen LogP contribution in [0.5, 0.6) is 0 Å². The SMILES string of the molecule is O=C(OCc1cccnc1Cl)c1ccc(NC2=NS(=O)(=O)c3ccccc32)cc1. The molecule has 0 radical (unpaired) electrons. The molecule has 1 aromatic heterocycles. The van der Waals surface area contributed by atoms with Crippen LogP contribution in [0.2, 0.25) is 5.15 Å². The van der Waals surface area contributed by atoms with Crippen molar-refractivity contribution in [1.82, 2.24) is 4.98 Å². The molecule has 0 fully saturated rings. The van der Waals surface area contributed by atoms with Gasteiger partial charge in [-0.05, 0) is 42.5 Å². The number of amidine groups is 1. The number of ether oxygens (including phenoxy) is 1. The first-order valence-corrected chi connectivity index (χ1v) is 10.3. The number of hydrogen-bond acceptors (Lipinski definition) is 6. The van der Waals surface area contributed by atoms with E-state index in [1.165, 1.54) is 6.07 Å². The summed E-state index contributed by atoms with van der Waals surface area (Å²) >= 11 is 5.95. The van der Waals surface area contributed by atoms with Crippen LogP contribution in [0.3, 0.4) is 0 Å². The molecule has 7 nitrogen and oxygen atoms in total. The van der Waals surface area contributed by atoms with Gasteiger partial charge in [-0.15, -0.1) is 4.40 Å². The fraction of sp³-hybridized carbons (Fsp3) is 0.0500. The van der Waals surface area contributed by atoms with E-state index in [0.717, 1.165) is 0 Å². The van der Waals surface area contributed by atoms with Crippen molar-refractivity contribution in [1.29, 1.82) is 0 Å². The molecule has 2 aromatic carbocycles. The number of esters is 1. The zero-order valence-corrected chi connectivity index (χ0v) is 16.4. The maximum atomic E-state index is 12.2. The summed E-state index contributed by atoms with van der Waals surface area (Å²) in [6, 6.07) is 16.4. The monoisotopic (exact) mass is 427 g/mol. The number of benzene rings is 2. The number of sulfonamides is 1. The number of anilines is 1. The highest BCUT2D eigenvalue weighted by Crippen LogP contribution is 2.26. The van der Waals surface area contributed by atoms with Gasteiger partial charge in [0.25, 0.3) is 10.0 Å². The van der Waals surface area contributed by atoms with Crippen LogP contribution in [0.4, 0.5) is 5.69 Å². The molecule has 1 aliphatic rings. The molecular formula is C20H14ClN3O4S. The largest absolute Gasteiger partial charge is 0.457 e. The highest BCUT2D eigenvalue weighted by atomic mass is 35.5. The lowest BCUT2D eigenvalue weighted by Crippen LogP contribution is -2.11. The minimum absolute atomic E-state index is 0.0109. The summed E-state index contributed by atoms with van der Waals surface area (Å²) in [5.41, 5.74) is 2.05. The van der Waals surface area contributed by atoms with Gasteiger partial charge in [0.15, 0.2) is 5.84 Å². The number of nitrogens with zero attached hydrogens (tertiary/aromatic N) is 2. The van der Waals surface area contributed by atoms with E-state index in [9.17, 15) is 13.2 Å². The summed E-state index contributed by atoms with van der Waals surface area (Å²) in [6.45, 7) is 0.0109. The third-order valence-corrected chi connectivity index (χ3v) is 5.89. The van der Waals surface area contributed by atoms with Crippen LogP contribution < -0.4 is 5.32 Å². The molecule has 4 rings (SSSR count). The maximum Gasteiger partial charge on any atom is 0.338 e. The number of halogens is 1. The molecule has 0 atom stereocenters. The second kappa shape index (κ2) is 7.65. The summed E-state index contributed by atoms with van der Waals surface area (Å²) < 4.78 is 33.3. The van der Waals surface area contributed by atoms with Gasteiger partial charge in [-0.3, -0.25) is 0 Å². The van der Waals surface area contributed by atoms with Gasteiger partial charge in [0.05, 0.1) is 5.56 Å². The van der Waals surface area contributed by atoms with E-state index < -0.39 is 16.0 Å². The van der Waals surface area contributed by atoms with E-state index in [0.29, 0.717) is 22.4 Å². The molecule has 2 heterocycles. The van der Waals surface area contributed by atoms with Crippen molar-refractivity contribution in [3.05, 3.63) is 88.7 Å². The number of nitrogens with one attached hydrogen (secondary N) is 1. The van der Waals surface area contributed by atoms with Crippen LogP contribution >= 0.6 is 11.6 Å². The van der Waals surface area contributed by atoms with E-state index in [-0.39, 0.29) is 22.5 Å². The number of fused-ring (bicyclic) bond motifs is 1. The molecule has 0 saturated carbocycles. The van der Waals surface area contributed by atoms with Crippen molar-refractivity contribution in [3.8, 4) is 0 Å². The molecule has 1 N–H and O–H groups in total. The average Bonchev–Trinajstić information content (AvgIpc) is 2.98. The minimum atomic E-state index is -3.70. The topological polar surface area (TPSA) is 97.7 Å². The van der Waals surface area contributed by atoms with Crippen LogP contribution in [0.1, 0.15) is 21.5 Å². The Balaban J connectivity index is 1.45. The number of carbonyl (C=O) groups is 1. The third-order valence-electron chi connectivity index (χ3n) is 4.21. The molecular weight excluding hydrogens is 414 g/mol. The lowest BCUT2D eigenvalue weighted by molar-refractivity contribution is 0.0472. The van der Waals surface area contributed by atoms with Crippen LogP contribution in [0, 0.1) is 0 Å². The van der Waals surface area contributed by atoms with Crippen molar-refractivity contribution >= 4 is 39.1 Å². The zero-order valence-electron chi connectivity index (χ0n) is 14.9. The molecule has 3 aromatic rings. The summed E-state index contributed by atoms with van der Waals surface area (Å²) in [4.78, 5) is 16.3. The number of rotatable bonds is 4. The fourth-order valence-corrected chi connectivity index (χ4v) is 4.13. The smallest absolute Gasteiger partial charge is 0.338 e. The van der Waals surface area contributed by atoms with Gasteiger partial charge in [0.2, 0.25) is 0 Å². The molecule has 146 valence electrons. The second-order valence-electron chi connectivity index (χ2n) is 6.14. The Bertz CT molecular complexity index is 1220. The lowest BCUT2D eigenvalue weighted by atomic mass is 10.1. The quantitative estimate of drug-likeness (QED) is 0.504. The molecule has 0 amide bonds. The highest BCUT2D eigenvalue weighted by Gasteiger charge is 2.28. The summed E-state index contributed by atoms with van der Waals surface area (Å²) in [6.07, 6.45) is 1.55. The Hall–Kier alpha value is -3.23. The molecule has 29 heavy (non-hydrogen) atoms. The zero-order chi connectivity index (χ0) is 20.4. The van der Waals surface area contributed by atoms with E-state index in [2.05, 4.69) is 14.7 Å². The molecule has 9 heteroatoms. The van der Waals surface area contributed by atoms with Crippen molar-refractivity contribution in [2.24, 2.45) is 4.40 Å². The summed E-state index contributed by atoms with van der Waals surface area (Å²) in [7, 11) is -3.70. The molecule has 0 unspecified atom stereocenters. The van der Waals surface area contributed by atoms with Gasteiger partial charge in [0.1, 0.15) is 16.7 Å². The Morgan fingerprint density at radius 3 is 2.55 bits per heavy atom. The Morgan fingerprint density at radius 2 is 1.79 bits per heavy atom. The Morgan fingerprint density at radius 1 is 1.03 bits per heavy atom. The first kappa shape index (κ1) is 19.1. The minimum Gasteiger partial charge on any atom is -0.457 e. The predicted molar refractivity (Wildman–Crippen MR) is 109 cm³/mol. The Labute approximate surface area is 172 Å². The van der Waals surface area contributed by atoms with Gasteiger partial charge >= 0.3 is 5.97 Å². The van der Waals surface area contributed by atoms with E-state index in [4.69, 9.17) is 16.3 Å². The lowest BCUT2D eigenvalue weighted by Gasteiger charge is -2.08. The normalized spacial score (nSPS) is 14.0. The number of carbonyl (C=O) groups excluding carboxylic acids is 1. The van der Waals surface area contributed by atoms with Gasteiger partial charge in [0, 0.05) is 23.0 Å². The maximum absolute atomic E-state index is 12.2. The fourth-order valence-electron chi connectivity index (χ4n) is 2.78. The summed E-state index contributed by atoms with van der Waals surface area (Å²) in [5, 5.41) is 3.26. The van der Waals surface area contributed by atoms with Crippen molar-refractivity contribution in [2.45, 2.75) is 11.5 Å². The Kier molecular flexibility index (Phi) is 5.04. The number of pyridine rings is 1. The number of aromatic nitrogens is 1. The van der Waals surface area contributed by atoms with Gasteiger partial charge in [-0.25, -0.2) is 9.78 Å². The molecule has 0 bridgehead atoms.